The van der Waals surface area contributed by atoms with Crippen LogP contribution in [0.3, 0.4) is 0 Å². The van der Waals surface area contributed by atoms with Crippen molar-refractivity contribution in [3.63, 3.8) is 0 Å². The maximum atomic E-state index is 13.9. The number of benzene rings is 3. The molecule has 0 saturated heterocycles. The van der Waals surface area contributed by atoms with Crippen LogP contribution < -0.4 is 9.62 Å². The van der Waals surface area contributed by atoms with Crippen LogP contribution in [0, 0.1) is 12.8 Å². The first kappa shape index (κ1) is 32.9. The lowest BCUT2D eigenvalue weighted by molar-refractivity contribution is -0.141. The second-order valence-corrected chi connectivity index (χ2v) is 13.2. The number of amides is 2. The molecule has 0 radical (unpaired) electrons. The minimum absolute atomic E-state index is 0.105. The van der Waals surface area contributed by atoms with Crippen molar-refractivity contribution in [3.8, 4) is 0 Å². The number of hydrogen-bond acceptors (Lipinski definition) is 4. The lowest BCUT2D eigenvalue weighted by Gasteiger charge is -2.32. The molecule has 3 rings (SSSR count). The van der Waals surface area contributed by atoms with Gasteiger partial charge in [0.1, 0.15) is 6.04 Å². The third kappa shape index (κ3) is 10.0. The van der Waals surface area contributed by atoms with E-state index in [-0.39, 0.29) is 37.2 Å². The van der Waals surface area contributed by atoms with Crippen molar-refractivity contribution in [3.05, 3.63) is 101 Å². The Morgan fingerprint density at radius 2 is 1.48 bits per heavy atom. The van der Waals surface area contributed by atoms with Gasteiger partial charge in [0.2, 0.25) is 21.8 Å². The minimum Gasteiger partial charge on any atom is -0.354 e. The number of carbonyl (C=O) groups excluding carboxylic acids is 2. The third-order valence-electron chi connectivity index (χ3n) is 7.21. The van der Waals surface area contributed by atoms with Gasteiger partial charge in [0, 0.05) is 32.5 Å². The summed E-state index contributed by atoms with van der Waals surface area (Å²) in [6, 6.07) is 24.4. The summed E-state index contributed by atoms with van der Waals surface area (Å²) >= 11 is 0. The van der Waals surface area contributed by atoms with E-state index in [1.54, 1.807) is 17.0 Å². The Labute approximate surface area is 252 Å². The average Bonchev–Trinajstić information content (AvgIpc) is 2.96. The average molecular weight is 592 g/mol. The Morgan fingerprint density at radius 1 is 0.857 bits per heavy atom. The van der Waals surface area contributed by atoms with Gasteiger partial charge in [0.25, 0.3) is 0 Å². The van der Waals surface area contributed by atoms with Crippen LogP contribution in [0.2, 0.25) is 0 Å². The van der Waals surface area contributed by atoms with E-state index in [1.807, 2.05) is 94.4 Å². The van der Waals surface area contributed by atoms with Crippen molar-refractivity contribution >= 4 is 27.5 Å². The number of hydrogen-bond donors (Lipinski definition) is 1. The molecule has 3 aromatic carbocycles. The Balaban J connectivity index is 1.86. The van der Waals surface area contributed by atoms with E-state index in [0.717, 1.165) is 28.7 Å². The fourth-order valence-corrected chi connectivity index (χ4v) is 5.73. The summed E-state index contributed by atoms with van der Waals surface area (Å²) < 4.78 is 26.7. The molecule has 8 heteroatoms. The van der Waals surface area contributed by atoms with Crippen molar-refractivity contribution in [2.75, 3.05) is 23.7 Å². The number of aryl methyl sites for hydroxylation is 2. The van der Waals surface area contributed by atoms with Crippen LogP contribution in [0.15, 0.2) is 78.9 Å². The molecule has 0 bridgehead atoms. The predicted molar refractivity (Wildman–Crippen MR) is 171 cm³/mol. The fourth-order valence-electron chi connectivity index (χ4n) is 4.77. The molecule has 7 nitrogen and oxygen atoms in total. The number of anilines is 1. The van der Waals surface area contributed by atoms with Crippen LogP contribution in [0.4, 0.5) is 5.69 Å². The molecule has 3 aromatic rings. The van der Waals surface area contributed by atoms with Crippen LogP contribution in [0.1, 0.15) is 55.9 Å². The maximum Gasteiger partial charge on any atom is 0.243 e. The summed E-state index contributed by atoms with van der Waals surface area (Å²) in [5.41, 5.74) is 4.70. The second kappa shape index (κ2) is 15.5. The van der Waals surface area contributed by atoms with Crippen LogP contribution in [0.25, 0.3) is 0 Å². The van der Waals surface area contributed by atoms with Crippen molar-refractivity contribution in [1.82, 2.24) is 10.2 Å². The molecule has 0 aliphatic rings. The zero-order valence-corrected chi connectivity index (χ0v) is 26.4. The predicted octanol–water partition coefficient (Wildman–Crippen LogP) is 5.52. The summed E-state index contributed by atoms with van der Waals surface area (Å²) in [6.07, 6.45) is 2.84. The molecule has 1 atom stereocenters. The Hall–Kier alpha value is -3.65. The van der Waals surface area contributed by atoms with Gasteiger partial charge in [-0.15, -0.1) is 0 Å². The topological polar surface area (TPSA) is 86.8 Å². The van der Waals surface area contributed by atoms with Crippen LogP contribution >= 0.6 is 0 Å². The van der Waals surface area contributed by atoms with Crippen LogP contribution in [0.5, 0.6) is 0 Å². The van der Waals surface area contributed by atoms with E-state index in [0.29, 0.717) is 25.1 Å². The number of nitrogens with one attached hydrogen (secondary N) is 1. The van der Waals surface area contributed by atoms with Crippen molar-refractivity contribution < 1.29 is 18.0 Å². The summed E-state index contributed by atoms with van der Waals surface area (Å²) in [5.74, 6) is -0.117. The van der Waals surface area contributed by atoms with Gasteiger partial charge in [-0.2, -0.15) is 0 Å². The molecule has 0 saturated carbocycles. The van der Waals surface area contributed by atoms with Gasteiger partial charge in [0.05, 0.1) is 11.9 Å². The molecule has 0 aliphatic heterocycles. The molecule has 0 heterocycles. The van der Waals surface area contributed by atoms with Crippen LogP contribution in [-0.2, 0) is 39.0 Å². The number of rotatable bonds is 15. The highest BCUT2D eigenvalue weighted by Gasteiger charge is 2.30. The largest absolute Gasteiger partial charge is 0.354 e. The SMILES string of the molecule is CCc1ccc(N(CCCC(=O)N(Cc2ccc(C)cc2)C(Cc2ccccc2)C(=O)NCC(C)C)S(C)(=O)=O)cc1. The minimum atomic E-state index is -3.55. The molecule has 0 fully saturated rings. The molecule has 42 heavy (non-hydrogen) atoms. The lowest BCUT2D eigenvalue weighted by Crippen LogP contribution is -2.51. The zero-order valence-electron chi connectivity index (χ0n) is 25.5. The van der Waals surface area contributed by atoms with Gasteiger partial charge in [-0.3, -0.25) is 13.9 Å². The van der Waals surface area contributed by atoms with E-state index < -0.39 is 16.1 Å². The Morgan fingerprint density at radius 3 is 2.05 bits per heavy atom. The van der Waals surface area contributed by atoms with Gasteiger partial charge < -0.3 is 10.2 Å². The van der Waals surface area contributed by atoms with Crippen LogP contribution in [-0.4, -0.2) is 50.5 Å². The van der Waals surface area contributed by atoms with Gasteiger partial charge in [-0.05, 0) is 54.5 Å². The van der Waals surface area contributed by atoms with Crippen molar-refractivity contribution in [1.29, 1.82) is 0 Å². The molecule has 1 unspecified atom stereocenters. The van der Waals surface area contributed by atoms with Gasteiger partial charge >= 0.3 is 0 Å². The van der Waals surface area contributed by atoms with Gasteiger partial charge in [0.15, 0.2) is 0 Å². The lowest BCUT2D eigenvalue weighted by atomic mass is 10.0. The first-order valence-electron chi connectivity index (χ1n) is 14.7. The first-order valence-corrected chi connectivity index (χ1v) is 16.6. The Kier molecular flexibility index (Phi) is 12.2. The highest BCUT2D eigenvalue weighted by atomic mass is 32.2. The van der Waals surface area contributed by atoms with E-state index in [1.165, 1.54) is 10.6 Å². The second-order valence-electron chi connectivity index (χ2n) is 11.3. The van der Waals surface area contributed by atoms with E-state index >= 15 is 0 Å². The molecule has 0 aliphatic carbocycles. The Bertz CT molecular complexity index is 1390. The fraction of sp³-hybridized carbons (Fsp3) is 0.412. The normalized spacial score (nSPS) is 12.1. The quantitative estimate of drug-likeness (QED) is 0.252. The third-order valence-corrected chi connectivity index (χ3v) is 8.41. The molecular weight excluding hydrogens is 546 g/mol. The maximum absolute atomic E-state index is 13.9. The molecule has 226 valence electrons. The molecule has 2 amide bonds. The van der Waals surface area contributed by atoms with Gasteiger partial charge in [-0.1, -0.05) is 93.1 Å². The molecule has 1 N–H and O–H groups in total. The van der Waals surface area contributed by atoms with E-state index in [4.69, 9.17) is 0 Å². The van der Waals surface area contributed by atoms with Crippen molar-refractivity contribution in [2.24, 2.45) is 5.92 Å². The number of nitrogens with zero attached hydrogens (tertiary/aromatic N) is 2. The van der Waals surface area contributed by atoms with Gasteiger partial charge in [-0.25, -0.2) is 8.42 Å². The molecular formula is C34H45N3O4S. The van der Waals surface area contributed by atoms with E-state index in [2.05, 4.69) is 5.32 Å². The molecule has 0 spiro atoms. The highest BCUT2D eigenvalue weighted by Crippen LogP contribution is 2.21. The zero-order chi connectivity index (χ0) is 30.7. The monoisotopic (exact) mass is 591 g/mol. The summed E-state index contributed by atoms with van der Waals surface area (Å²) in [6.45, 7) is 9.07. The highest BCUT2D eigenvalue weighted by molar-refractivity contribution is 7.92. The summed E-state index contributed by atoms with van der Waals surface area (Å²) in [7, 11) is -3.55. The number of sulfonamides is 1. The van der Waals surface area contributed by atoms with Crippen molar-refractivity contribution in [2.45, 2.75) is 66.0 Å². The standard InChI is InChI=1S/C34H45N3O4S/c1-6-28-18-20-31(21-19-28)37(42(5,40)41)22-10-13-33(38)36(25-30-16-14-27(4)15-17-30)32(34(39)35-24-26(2)3)23-29-11-8-7-9-12-29/h7-9,11-12,14-21,26,32H,6,10,13,22-25H2,1-5H3,(H,35,39). The first-order chi connectivity index (χ1) is 20.0. The number of carbonyl (C=O) groups is 2. The summed E-state index contributed by atoms with van der Waals surface area (Å²) in [5, 5.41) is 3.04. The van der Waals surface area contributed by atoms with E-state index in [9.17, 15) is 18.0 Å². The smallest absolute Gasteiger partial charge is 0.243 e. The molecule has 0 aromatic heterocycles. The summed E-state index contributed by atoms with van der Waals surface area (Å²) in [4.78, 5) is 29.2.